The van der Waals surface area contributed by atoms with Crippen molar-refractivity contribution in [3.05, 3.63) is 35.9 Å². The van der Waals surface area contributed by atoms with Gasteiger partial charge in [0.05, 0.1) is 6.54 Å². The van der Waals surface area contributed by atoms with Crippen molar-refractivity contribution in [3.63, 3.8) is 0 Å². The van der Waals surface area contributed by atoms with E-state index in [0.717, 1.165) is 32.5 Å². The van der Waals surface area contributed by atoms with E-state index in [1.165, 1.54) is 5.56 Å². The van der Waals surface area contributed by atoms with Gasteiger partial charge in [0.1, 0.15) is 0 Å². The molecule has 98 valence electrons. The van der Waals surface area contributed by atoms with E-state index in [1.807, 2.05) is 6.07 Å². The van der Waals surface area contributed by atoms with Crippen molar-refractivity contribution >= 4 is 5.91 Å². The maximum absolute atomic E-state index is 10.7. The van der Waals surface area contributed by atoms with E-state index in [9.17, 15) is 4.79 Å². The number of benzene rings is 1. The highest BCUT2D eigenvalue weighted by Gasteiger charge is 2.21. The third-order valence-electron chi connectivity index (χ3n) is 3.40. The van der Waals surface area contributed by atoms with Gasteiger partial charge in [-0.2, -0.15) is 0 Å². The summed E-state index contributed by atoms with van der Waals surface area (Å²) in [5.41, 5.74) is 6.51. The molecule has 4 heteroatoms. The molecule has 1 aromatic carbocycles. The van der Waals surface area contributed by atoms with Gasteiger partial charge in [0, 0.05) is 19.1 Å². The number of nitrogens with one attached hydrogen (secondary N) is 1. The highest BCUT2D eigenvalue weighted by Crippen LogP contribution is 2.10. The molecule has 0 bridgehead atoms. The van der Waals surface area contributed by atoms with Crippen LogP contribution in [0.1, 0.15) is 12.0 Å². The number of carbonyl (C=O) groups is 1. The fraction of sp³-hybridized carbons (Fsp3) is 0.500. The molecule has 1 atom stereocenters. The third kappa shape index (κ3) is 4.13. The molecular formula is C14H21N3O. The lowest BCUT2D eigenvalue weighted by molar-refractivity contribution is -0.117. The Morgan fingerprint density at radius 3 is 2.89 bits per heavy atom. The normalized spacial score (nSPS) is 20.1. The lowest BCUT2D eigenvalue weighted by Gasteiger charge is -2.16. The van der Waals surface area contributed by atoms with Crippen LogP contribution < -0.4 is 11.1 Å². The molecule has 3 N–H and O–H groups in total. The second kappa shape index (κ2) is 6.52. The predicted molar refractivity (Wildman–Crippen MR) is 72.2 cm³/mol. The van der Waals surface area contributed by atoms with Gasteiger partial charge in [-0.05, 0) is 24.9 Å². The molecular weight excluding hydrogens is 226 g/mol. The molecule has 18 heavy (non-hydrogen) atoms. The topological polar surface area (TPSA) is 58.4 Å². The molecule has 1 unspecified atom stereocenters. The molecule has 4 nitrogen and oxygen atoms in total. The minimum atomic E-state index is -0.280. The summed E-state index contributed by atoms with van der Waals surface area (Å²) in [7, 11) is 0. The minimum absolute atomic E-state index is 0.280. The van der Waals surface area contributed by atoms with Crippen molar-refractivity contribution in [2.45, 2.75) is 18.9 Å². The Hall–Kier alpha value is -1.39. The van der Waals surface area contributed by atoms with Crippen molar-refractivity contribution < 1.29 is 4.79 Å². The van der Waals surface area contributed by atoms with Crippen molar-refractivity contribution in [3.8, 4) is 0 Å². The summed E-state index contributed by atoms with van der Waals surface area (Å²) in [6, 6.07) is 10.9. The standard InChI is InChI=1S/C14H21N3O/c15-14(18)10-16-13-7-9-17(11-13)8-6-12-4-2-1-3-5-12/h1-5,13,16H,6-11H2,(H2,15,18). The second-order valence-corrected chi connectivity index (χ2v) is 4.87. The molecule has 0 aliphatic carbocycles. The van der Waals surface area contributed by atoms with Crippen LogP contribution in [0, 0.1) is 0 Å². The Balaban J connectivity index is 1.68. The summed E-state index contributed by atoms with van der Waals surface area (Å²) in [5, 5.41) is 3.19. The highest BCUT2D eigenvalue weighted by molar-refractivity contribution is 5.75. The molecule has 1 aliphatic rings. The van der Waals surface area contributed by atoms with Crippen molar-refractivity contribution in [1.82, 2.24) is 10.2 Å². The largest absolute Gasteiger partial charge is 0.369 e. The van der Waals surface area contributed by atoms with E-state index in [1.54, 1.807) is 0 Å². The fourth-order valence-corrected chi connectivity index (χ4v) is 2.38. The van der Waals surface area contributed by atoms with E-state index < -0.39 is 0 Å². The third-order valence-corrected chi connectivity index (χ3v) is 3.40. The first-order chi connectivity index (χ1) is 8.74. The molecule has 1 fully saturated rings. The average Bonchev–Trinajstić information content (AvgIpc) is 2.83. The van der Waals surface area contributed by atoms with Crippen LogP contribution in [0.15, 0.2) is 30.3 Å². The lowest BCUT2D eigenvalue weighted by Crippen LogP contribution is -2.38. The first kappa shape index (κ1) is 13.1. The number of nitrogens with two attached hydrogens (primary N) is 1. The van der Waals surface area contributed by atoms with Crippen LogP contribution in [0.3, 0.4) is 0 Å². The Bertz CT molecular complexity index is 380. The Morgan fingerprint density at radius 1 is 1.39 bits per heavy atom. The highest BCUT2D eigenvalue weighted by atomic mass is 16.1. The number of rotatable bonds is 6. The molecule has 1 amide bonds. The number of primary amides is 1. The van der Waals surface area contributed by atoms with Crippen LogP contribution >= 0.6 is 0 Å². The van der Waals surface area contributed by atoms with Crippen LogP contribution in [-0.4, -0.2) is 43.0 Å². The van der Waals surface area contributed by atoms with Crippen molar-refractivity contribution in [2.75, 3.05) is 26.2 Å². The van der Waals surface area contributed by atoms with Gasteiger partial charge in [-0.1, -0.05) is 30.3 Å². The van der Waals surface area contributed by atoms with E-state index in [0.29, 0.717) is 6.04 Å². The number of amides is 1. The average molecular weight is 247 g/mol. The van der Waals surface area contributed by atoms with E-state index in [4.69, 9.17) is 5.73 Å². The molecule has 0 radical (unpaired) electrons. The maximum atomic E-state index is 10.7. The monoisotopic (exact) mass is 247 g/mol. The van der Waals surface area contributed by atoms with Crippen LogP contribution in [-0.2, 0) is 11.2 Å². The van der Waals surface area contributed by atoms with Gasteiger partial charge in [0.2, 0.25) is 5.91 Å². The van der Waals surface area contributed by atoms with Gasteiger partial charge in [-0.15, -0.1) is 0 Å². The van der Waals surface area contributed by atoms with E-state index in [2.05, 4.69) is 34.5 Å². The summed E-state index contributed by atoms with van der Waals surface area (Å²) in [6.45, 7) is 3.49. The smallest absolute Gasteiger partial charge is 0.231 e. The molecule has 2 rings (SSSR count). The summed E-state index contributed by atoms with van der Waals surface area (Å²) < 4.78 is 0. The summed E-state index contributed by atoms with van der Waals surface area (Å²) in [5.74, 6) is -0.280. The molecule has 1 aromatic rings. The zero-order valence-electron chi connectivity index (χ0n) is 10.6. The SMILES string of the molecule is NC(=O)CNC1CCN(CCc2ccccc2)C1. The molecule has 0 saturated carbocycles. The van der Waals surface area contributed by atoms with Crippen molar-refractivity contribution in [1.29, 1.82) is 0 Å². The van der Waals surface area contributed by atoms with Gasteiger partial charge in [0.25, 0.3) is 0 Å². The molecule has 1 saturated heterocycles. The van der Waals surface area contributed by atoms with Crippen molar-refractivity contribution in [2.24, 2.45) is 5.73 Å². The first-order valence-electron chi connectivity index (χ1n) is 6.52. The van der Waals surface area contributed by atoms with Gasteiger partial charge >= 0.3 is 0 Å². The lowest BCUT2D eigenvalue weighted by atomic mass is 10.1. The van der Waals surface area contributed by atoms with E-state index >= 15 is 0 Å². The van der Waals surface area contributed by atoms with Crippen LogP contribution in [0.25, 0.3) is 0 Å². The maximum Gasteiger partial charge on any atom is 0.231 e. The minimum Gasteiger partial charge on any atom is -0.369 e. The van der Waals surface area contributed by atoms with Crippen LogP contribution in [0.2, 0.25) is 0 Å². The molecule has 0 spiro atoms. The fourth-order valence-electron chi connectivity index (χ4n) is 2.38. The van der Waals surface area contributed by atoms with E-state index in [-0.39, 0.29) is 12.5 Å². The van der Waals surface area contributed by atoms with Crippen LogP contribution in [0.4, 0.5) is 0 Å². The van der Waals surface area contributed by atoms with Crippen LogP contribution in [0.5, 0.6) is 0 Å². The zero-order valence-corrected chi connectivity index (χ0v) is 10.6. The predicted octanol–water partition coefficient (Wildman–Crippen LogP) is 0.378. The Kier molecular flexibility index (Phi) is 4.73. The molecule has 1 aliphatic heterocycles. The Labute approximate surface area is 108 Å². The number of likely N-dealkylation sites (tertiary alicyclic amines) is 1. The number of hydrogen-bond donors (Lipinski definition) is 2. The quantitative estimate of drug-likeness (QED) is 0.764. The summed E-state index contributed by atoms with van der Waals surface area (Å²) in [4.78, 5) is 13.1. The number of carbonyl (C=O) groups excluding carboxylic acids is 1. The summed E-state index contributed by atoms with van der Waals surface area (Å²) >= 11 is 0. The Morgan fingerprint density at radius 2 is 2.17 bits per heavy atom. The molecule has 1 heterocycles. The summed E-state index contributed by atoms with van der Waals surface area (Å²) in [6.07, 6.45) is 2.19. The first-order valence-corrected chi connectivity index (χ1v) is 6.52. The number of nitrogens with zero attached hydrogens (tertiary/aromatic N) is 1. The number of hydrogen-bond acceptors (Lipinski definition) is 3. The molecule has 0 aromatic heterocycles. The second-order valence-electron chi connectivity index (χ2n) is 4.87. The van der Waals surface area contributed by atoms with Gasteiger partial charge < -0.3 is 16.0 Å². The van der Waals surface area contributed by atoms with Gasteiger partial charge in [0.15, 0.2) is 0 Å². The van der Waals surface area contributed by atoms with Gasteiger partial charge in [-0.25, -0.2) is 0 Å². The zero-order chi connectivity index (χ0) is 12.8. The van der Waals surface area contributed by atoms with Gasteiger partial charge in [-0.3, -0.25) is 4.79 Å².